The average Bonchev–Trinajstić information content (AvgIpc) is 2.88. The van der Waals surface area contributed by atoms with Gasteiger partial charge in [0.25, 0.3) is 17.6 Å². The van der Waals surface area contributed by atoms with Crippen LogP contribution in [-0.2, 0) is 11.2 Å². The molecule has 1 unspecified atom stereocenters. The van der Waals surface area contributed by atoms with Crippen molar-refractivity contribution < 1.29 is 19.2 Å². The molecule has 2 aromatic rings. The van der Waals surface area contributed by atoms with E-state index in [9.17, 15) is 14.4 Å². The molecule has 2 amide bonds. The summed E-state index contributed by atoms with van der Waals surface area (Å²) in [7, 11) is 0. The molecule has 0 aromatic heterocycles. The van der Waals surface area contributed by atoms with Gasteiger partial charge in [-0.25, -0.2) is 0 Å². The molecule has 25 heavy (non-hydrogen) atoms. The van der Waals surface area contributed by atoms with Crippen LogP contribution in [0.3, 0.4) is 0 Å². The fraction of sp³-hybridized carbons (Fsp3) is 0.158. The molecule has 0 saturated carbocycles. The minimum atomic E-state index is -1.50. The van der Waals surface area contributed by atoms with E-state index in [4.69, 9.17) is 5.53 Å². The minimum Gasteiger partial charge on any atom is -0.361 e. The summed E-state index contributed by atoms with van der Waals surface area (Å²) in [5.74, 6) is -1.69. The second-order valence-electron chi connectivity index (χ2n) is 6.04. The van der Waals surface area contributed by atoms with Crippen LogP contribution in [0.5, 0.6) is 0 Å². The highest BCUT2D eigenvalue weighted by Gasteiger charge is 2.51. The first kappa shape index (κ1) is 16.5. The largest absolute Gasteiger partial charge is 0.361 e. The highest BCUT2D eigenvalue weighted by molar-refractivity contribution is 6.33. The topological polar surface area (TPSA) is 90.8 Å². The summed E-state index contributed by atoms with van der Waals surface area (Å²) in [5, 5.41) is 0. The summed E-state index contributed by atoms with van der Waals surface area (Å²) in [6.07, 6.45) is 0.844. The van der Waals surface area contributed by atoms with E-state index in [2.05, 4.69) is 4.79 Å². The lowest BCUT2D eigenvalue weighted by Gasteiger charge is -2.34. The van der Waals surface area contributed by atoms with Gasteiger partial charge in [-0.15, -0.1) is 0 Å². The van der Waals surface area contributed by atoms with E-state index in [0.29, 0.717) is 0 Å². The van der Waals surface area contributed by atoms with Crippen molar-refractivity contribution in [2.45, 2.75) is 18.9 Å². The first-order chi connectivity index (χ1) is 12.0. The Bertz CT molecular complexity index is 882. The fourth-order valence-corrected chi connectivity index (χ4v) is 3.10. The number of ketones is 1. The summed E-state index contributed by atoms with van der Waals surface area (Å²) >= 11 is 0. The lowest BCUT2D eigenvalue weighted by Crippen LogP contribution is -2.57. The van der Waals surface area contributed by atoms with Crippen molar-refractivity contribution in [1.29, 1.82) is 0 Å². The Morgan fingerprint density at radius 2 is 1.56 bits per heavy atom. The number of carbonyl (C=O) groups excluding carboxylic acids is 3. The van der Waals surface area contributed by atoms with Crippen LogP contribution < -0.4 is 0 Å². The third kappa shape index (κ3) is 2.69. The third-order valence-electron chi connectivity index (χ3n) is 4.38. The van der Waals surface area contributed by atoms with Crippen molar-refractivity contribution in [3.63, 3.8) is 0 Å². The molecule has 6 heteroatoms. The van der Waals surface area contributed by atoms with Gasteiger partial charge in [0.15, 0.2) is 0 Å². The summed E-state index contributed by atoms with van der Waals surface area (Å²) in [6.45, 7) is 1.51. The second kappa shape index (κ2) is 6.26. The quantitative estimate of drug-likeness (QED) is 0.363. The summed E-state index contributed by atoms with van der Waals surface area (Å²) in [5.41, 5.74) is 8.58. The van der Waals surface area contributed by atoms with Crippen LogP contribution in [0.1, 0.15) is 33.2 Å². The zero-order valence-electron chi connectivity index (χ0n) is 13.5. The molecule has 1 aliphatic heterocycles. The Morgan fingerprint density at radius 3 is 2.08 bits per heavy atom. The van der Waals surface area contributed by atoms with Crippen molar-refractivity contribution in [2.75, 3.05) is 0 Å². The number of hydrogen-bond donors (Lipinski definition) is 0. The monoisotopic (exact) mass is 333 g/mol. The van der Waals surface area contributed by atoms with Crippen LogP contribution in [0, 0.1) is 0 Å². The smallest absolute Gasteiger partial charge is 0.325 e. The molecule has 1 heterocycles. The molecular weight excluding hydrogens is 318 g/mol. The maximum atomic E-state index is 12.8. The zero-order chi connectivity index (χ0) is 18.0. The maximum absolute atomic E-state index is 12.8. The number of benzene rings is 2. The Hall–Kier alpha value is -3.37. The van der Waals surface area contributed by atoms with Gasteiger partial charge in [0.1, 0.15) is 5.54 Å². The summed E-state index contributed by atoms with van der Waals surface area (Å²) < 4.78 is 0. The van der Waals surface area contributed by atoms with Crippen molar-refractivity contribution in [3.05, 3.63) is 76.8 Å². The van der Waals surface area contributed by atoms with Crippen LogP contribution in [0.2, 0.25) is 0 Å². The number of imide groups is 1. The fourth-order valence-electron chi connectivity index (χ4n) is 3.10. The Kier molecular flexibility index (Phi) is 4.13. The average molecular weight is 333 g/mol. The molecule has 2 aromatic carbocycles. The zero-order valence-corrected chi connectivity index (χ0v) is 13.5. The van der Waals surface area contributed by atoms with Crippen LogP contribution in [0.25, 0.3) is 5.53 Å². The molecular formula is C19H15N3O3. The second-order valence-corrected chi connectivity index (χ2v) is 6.04. The van der Waals surface area contributed by atoms with Crippen LogP contribution in [0.15, 0.2) is 54.6 Å². The molecule has 1 atom stereocenters. The lowest BCUT2D eigenvalue weighted by molar-refractivity contribution is -0.124. The van der Waals surface area contributed by atoms with Gasteiger partial charge in [-0.2, -0.15) is 4.79 Å². The Labute approximate surface area is 144 Å². The van der Waals surface area contributed by atoms with E-state index in [0.717, 1.165) is 16.7 Å². The van der Waals surface area contributed by atoms with E-state index in [1.165, 1.54) is 6.92 Å². The molecule has 3 rings (SSSR count). The van der Waals surface area contributed by atoms with E-state index in [1.807, 2.05) is 18.2 Å². The first-order valence-corrected chi connectivity index (χ1v) is 7.73. The lowest BCUT2D eigenvalue weighted by atomic mass is 9.87. The predicted molar refractivity (Wildman–Crippen MR) is 90.2 cm³/mol. The van der Waals surface area contributed by atoms with E-state index < -0.39 is 23.1 Å². The standard InChI is InChI=1S/C19H15N3O3/c1-19(16(23)12-21-20,11-13-7-3-2-4-8-13)22-17(24)14-9-5-6-10-15(14)18(22)25/h2-10,12H,11H2,1H3. The van der Waals surface area contributed by atoms with Gasteiger partial charge in [0, 0.05) is 6.42 Å². The van der Waals surface area contributed by atoms with E-state index in [-0.39, 0.29) is 17.5 Å². The van der Waals surface area contributed by atoms with Gasteiger partial charge in [0.05, 0.1) is 11.1 Å². The van der Waals surface area contributed by atoms with Crippen molar-refractivity contribution in [3.8, 4) is 0 Å². The highest BCUT2D eigenvalue weighted by atomic mass is 16.2. The SMILES string of the molecule is CC(Cc1ccccc1)(C(=O)C=[N+]=[N-])N1C(=O)c2ccccc2C1=O. The molecule has 1 aliphatic rings. The number of fused-ring (bicyclic) bond motifs is 1. The van der Waals surface area contributed by atoms with Gasteiger partial charge in [-0.3, -0.25) is 19.3 Å². The summed E-state index contributed by atoms with van der Waals surface area (Å²) in [6, 6.07) is 15.5. The number of rotatable bonds is 5. The number of nitrogens with zero attached hydrogens (tertiary/aromatic N) is 3. The van der Waals surface area contributed by atoms with Crippen LogP contribution in [-0.4, -0.2) is 39.0 Å². The first-order valence-electron chi connectivity index (χ1n) is 7.73. The minimum absolute atomic E-state index is 0.115. The normalized spacial score (nSPS) is 15.3. The van der Waals surface area contributed by atoms with Gasteiger partial charge < -0.3 is 5.53 Å². The molecule has 6 nitrogen and oxygen atoms in total. The van der Waals surface area contributed by atoms with E-state index in [1.54, 1.807) is 36.4 Å². The Balaban J connectivity index is 2.10. The molecule has 0 N–H and O–H groups in total. The number of hydrogen-bond acceptors (Lipinski definition) is 3. The Morgan fingerprint density at radius 1 is 1.04 bits per heavy atom. The molecule has 0 spiro atoms. The highest BCUT2D eigenvalue weighted by Crippen LogP contribution is 2.32. The maximum Gasteiger partial charge on any atom is 0.325 e. The van der Waals surface area contributed by atoms with Crippen molar-refractivity contribution >= 4 is 23.8 Å². The van der Waals surface area contributed by atoms with Gasteiger partial charge in [0.2, 0.25) is 0 Å². The van der Waals surface area contributed by atoms with Gasteiger partial charge >= 0.3 is 6.21 Å². The third-order valence-corrected chi connectivity index (χ3v) is 4.38. The van der Waals surface area contributed by atoms with Crippen molar-refractivity contribution in [1.82, 2.24) is 4.90 Å². The molecule has 124 valence electrons. The van der Waals surface area contributed by atoms with Gasteiger partial charge in [-0.05, 0) is 24.6 Å². The van der Waals surface area contributed by atoms with Crippen molar-refractivity contribution in [2.24, 2.45) is 0 Å². The summed E-state index contributed by atoms with van der Waals surface area (Å²) in [4.78, 5) is 42.0. The molecule has 0 saturated heterocycles. The number of Topliss-reactive ketones (excluding diaryl/α,β-unsaturated/α-hetero) is 1. The molecule has 0 aliphatic carbocycles. The molecule has 0 fully saturated rings. The van der Waals surface area contributed by atoms with Gasteiger partial charge in [-0.1, -0.05) is 42.5 Å². The molecule has 0 radical (unpaired) electrons. The van der Waals surface area contributed by atoms with E-state index >= 15 is 0 Å². The number of amides is 2. The predicted octanol–water partition coefficient (Wildman–Crippen LogP) is 2.15. The molecule has 0 bridgehead atoms. The number of carbonyl (C=O) groups is 3. The van der Waals surface area contributed by atoms with Crippen LogP contribution >= 0.6 is 0 Å². The van der Waals surface area contributed by atoms with Crippen LogP contribution in [0.4, 0.5) is 0 Å².